The second kappa shape index (κ2) is 18.3. The summed E-state index contributed by atoms with van der Waals surface area (Å²) in [4.78, 5) is 0. The maximum Gasteiger partial charge on any atom is -0.0116 e. The molecule has 156 valence electrons. The summed E-state index contributed by atoms with van der Waals surface area (Å²) in [5.74, 6) is 0.692. The van der Waals surface area contributed by atoms with Crippen molar-refractivity contribution in [3.05, 3.63) is 5.21 Å². The monoisotopic (exact) mass is 366 g/mol. The average molecular weight is 367 g/mol. The Bertz CT molecular complexity index is 275. The van der Waals surface area contributed by atoms with Gasteiger partial charge >= 0.3 is 0 Å². The molecule has 1 aliphatic rings. The molecule has 0 unspecified atom stereocenters. The highest BCUT2D eigenvalue weighted by molar-refractivity contribution is 4.70. The summed E-state index contributed by atoms with van der Waals surface area (Å²) in [5, 5.41) is 13.3. The van der Waals surface area contributed by atoms with Crippen molar-refractivity contribution in [2.45, 2.75) is 135 Å². The minimum Gasteiger partial charge on any atom is -0.785 e. The third-order valence-electron chi connectivity index (χ3n) is 6.20. The van der Waals surface area contributed by atoms with Crippen molar-refractivity contribution >= 4 is 0 Å². The molecule has 0 amide bonds. The smallest absolute Gasteiger partial charge is 0.0116 e. The van der Waals surface area contributed by atoms with Gasteiger partial charge in [0.2, 0.25) is 0 Å². The fraction of sp³-hybridized carbons (Fsp3) is 1.00. The predicted molar refractivity (Wildman–Crippen MR) is 116 cm³/mol. The Morgan fingerprint density at radius 1 is 0.615 bits per heavy atom. The van der Waals surface area contributed by atoms with Crippen LogP contribution < -0.4 is 0 Å². The zero-order chi connectivity index (χ0) is 18.7. The van der Waals surface area contributed by atoms with Gasteiger partial charge in [-0.1, -0.05) is 116 Å². The van der Waals surface area contributed by atoms with Crippen LogP contribution in [0, 0.1) is 11.1 Å². The fourth-order valence-corrected chi connectivity index (χ4v) is 4.41. The molecule has 0 aromatic rings. The molecule has 0 heterocycles. The van der Waals surface area contributed by atoms with Crippen LogP contribution in [0.3, 0.4) is 0 Å². The summed E-state index contributed by atoms with van der Waals surface area (Å²) < 4.78 is 0. The van der Waals surface area contributed by atoms with Crippen molar-refractivity contribution in [3.8, 4) is 0 Å². The highest BCUT2D eigenvalue weighted by Crippen LogP contribution is 2.24. The summed E-state index contributed by atoms with van der Waals surface area (Å²) in [6.07, 6.45) is 27.5. The van der Waals surface area contributed by atoms with Gasteiger partial charge in [-0.25, -0.2) is 0 Å². The molecule has 1 rings (SSSR count). The Kier molecular flexibility index (Phi) is 16.9. The number of hydrogen-bond acceptors (Lipinski definition) is 2. The van der Waals surface area contributed by atoms with Crippen LogP contribution in [-0.2, 0) is 0 Å². The molecule has 0 atom stereocenters. The summed E-state index contributed by atoms with van der Waals surface area (Å²) in [6, 6.07) is 0. The predicted octanol–water partition coefficient (Wildman–Crippen LogP) is 8.24. The van der Waals surface area contributed by atoms with Crippen LogP contribution >= 0.6 is 0 Å². The normalized spacial score (nSPS) is 15.8. The molecule has 0 spiro atoms. The van der Waals surface area contributed by atoms with Crippen LogP contribution in [0.1, 0.15) is 135 Å². The van der Waals surface area contributed by atoms with Crippen molar-refractivity contribution in [1.29, 1.82) is 0 Å². The van der Waals surface area contributed by atoms with E-state index in [4.69, 9.17) is 0 Å². The first-order valence-electron chi connectivity index (χ1n) is 12.2. The van der Waals surface area contributed by atoms with Crippen molar-refractivity contribution < 1.29 is 0 Å². The van der Waals surface area contributed by atoms with Gasteiger partial charge in [-0.2, -0.15) is 0 Å². The lowest BCUT2D eigenvalue weighted by molar-refractivity contribution is 0.251. The zero-order valence-electron chi connectivity index (χ0n) is 18.0. The van der Waals surface area contributed by atoms with Gasteiger partial charge in [0.1, 0.15) is 0 Å². The lowest BCUT2D eigenvalue weighted by atomic mass is 9.89. The largest absolute Gasteiger partial charge is 0.785 e. The van der Waals surface area contributed by atoms with Gasteiger partial charge in [0, 0.05) is 0 Å². The molecular formula is C24H48NO-. The highest BCUT2D eigenvalue weighted by atomic mass is 16.5. The first-order valence-corrected chi connectivity index (χ1v) is 12.2. The Morgan fingerprint density at radius 2 is 1.04 bits per heavy atom. The number of hydroxylamine groups is 2. The van der Waals surface area contributed by atoms with Gasteiger partial charge in [0.15, 0.2) is 0 Å². The van der Waals surface area contributed by atoms with Crippen molar-refractivity contribution in [3.63, 3.8) is 0 Å². The van der Waals surface area contributed by atoms with Gasteiger partial charge in [-0.05, 0) is 38.3 Å². The van der Waals surface area contributed by atoms with Crippen LogP contribution in [0.4, 0.5) is 0 Å². The van der Waals surface area contributed by atoms with E-state index in [-0.39, 0.29) is 0 Å². The van der Waals surface area contributed by atoms with Crippen LogP contribution in [0.2, 0.25) is 0 Å². The molecule has 2 nitrogen and oxygen atoms in total. The van der Waals surface area contributed by atoms with Gasteiger partial charge < -0.3 is 10.3 Å². The van der Waals surface area contributed by atoms with Gasteiger partial charge in [-0.15, -0.1) is 0 Å². The summed E-state index contributed by atoms with van der Waals surface area (Å²) in [7, 11) is 0. The van der Waals surface area contributed by atoms with E-state index in [0.29, 0.717) is 5.92 Å². The van der Waals surface area contributed by atoms with Crippen molar-refractivity contribution in [2.24, 2.45) is 5.92 Å². The topological polar surface area (TPSA) is 26.3 Å². The third-order valence-corrected chi connectivity index (χ3v) is 6.20. The number of rotatable bonds is 18. The standard InChI is InChI=1S/C24H48NO/c1-2-3-4-5-6-7-8-9-10-11-12-13-14-15-19-22-25(26)23-24-20-17-16-18-21-24/h24H,2-23H2,1H3/q-1. The van der Waals surface area contributed by atoms with Crippen LogP contribution in [0.15, 0.2) is 0 Å². The van der Waals surface area contributed by atoms with E-state index in [9.17, 15) is 5.21 Å². The molecule has 2 heteroatoms. The SMILES string of the molecule is CCCCCCCCCCCCCCCCCN([O-])CC1CCCCC1. The number of nitrogens with zero attached hydrogens (tertiary/aromatic N) is 1. The Balaban J connectivity index is 1.72. The lowest BCUT2D eigenvalue weighted by Gasteiger charge is -2.34. The Labute approximate surface area is 165 Å². The Morgan fingerprint density at radius 3 is 1.50 bits per heavy atom. The highest BCUT2D eigenvalue weighted by Gasteiger charge is 2.13. The van der Waals surface area contributed by atoms with Crippen LogP contribution in [0.25, 0.3) is 0 Å². The second-order valence-electron chi connectivity index (χ2n) is 8.84. The van der Waals surface area contributed by atoms with Gasteiger partial charge in [-0.3, -0.25) is 0 Å². The van der Waals surface area contributed by atoms with Crippen molar-refractivity contribution in [1.82, 2.24) is 5.06 Å². The number of unbranched alkanes of at least 4 members (excludes halogenated alkanes) is 14. The molecule has 26 heavy (non-hydrogen) atoms. The minimum atomic E-state index is 0.692. The minimum absolute atomic E-state index is 0.692. The molecule has 1 aliphatic carbocycles. The van der Waals surface area contributed by atoms with E-state index in [0.717, 1.165) is 19.5 Å². The van der Waals surface area contributed by atoms with Gasteiger partial charge in [0.25, 0.3) is 0 Å². The molecule has 1 saturated carbocycles. The summed E-state index contributed by atoms with van der Waals surface area (Å²) >= 11 is 0. The maximum atomic E-state index is 12.0. The number of hydrogen-bond donors (Lipinski definition) is 0. The van der Waals surface area contributed by atoms with Gasteiger partial charge in [0.05, 0.1) is 0 Å². The zero-order valence-corrected chi connectivity index (χ0v) is 18.0. The lowest BCUT2D eigenvalue weighted by Crippen LogP contribution is -2.26. The second-order valence-corrected chi connectivity index (χ2v) is 8.84. The molecule has 0 bridgehead atoms. The molecule has 0 N–H and O–H groups in total. The summed E-state index contributed by atoms with van der Waals surface area (Å²) in [5.41, 5.74) is 0. The molecule has 0 radical (unpaired) electrons. The molecule has 0 aromatic carbocycles. The van der Waals surface area contributed by atoms with E-state index in [1.54, 1.807) is 0 Å². The first-order chi connectivity index (χ1) is 12.8. The molecule has 0 aromatic heterocycles. The van der Waals surface area contributed by atoms with E-state index in [2.05, 4.69) is 6.92 Å². The molecule has 0 aliphatic heterocycles. The Hall–Kier alpha value is -0.0800. The summed E-state index contributed by atoms with van der Waals surface area (Å²) in [6.45, 7) is 3.87. The average Bonchev–Trinajstić information content (AvgIpc) is 2.65. The van der Waals surface area contributed by atoms with Crippen LogP contribution in [-0.4, -0.2) is 18.2 Å². The maximum absolute atomic E-state index is 12.0. The van der Waals surface area contributed by atoms with E-state index < -0.39 is 0 Å². The first kappa shape index (κ1) is 24.0. The van der Waals surface area contributed by atoms with E-state index >= 15 is 0 Å². The molecular weight excluding hydrogens is 318 g/mol. The molecule has 0 saturated heterocycles. The van der Waals surface area contributed by atoms with E-state index in [1.165, 1.54) is 127 Å². The third kappa shape index (κ3) is 15.0. The quantitative estimate of drug-likeness (QED) is 0.180. The van der Waals surface area contributed by atoms with Crippen LogP contribution in [0.5, 0.6) is 0 Å². The fourth-order valence-electron chi connectivity index (χ4n) is 4.41. The van der Waals surface area contributed by atoms with E-state index in [1.807, 2.05) is 0 Å². The molecule has 1 fully saturated rings. The van der Waals surface area contributed by atoms with Crippen molar-refractivity contribution in [2.75, 3.05) is 13.1 Å².